The highest BCUT2D eigenvalue weighted by Crippen LogP contribution is 2.19. The maximum absolute atomic E-state index is 13.7. The number of halogens is 2. The maximum Gasteiger partial charge on any atom is 0.317 e. The second-order valence-electron chi connectivity index (χ2n) is 7.54. The van der Waals surface area contributed by atoms with Crippen LogP contribution in [0.1, 0.15) is 33.6 Å². The summed E-state index contributed by atoms with van der Waals surface area (Å²) in [5, 5.41) is 2.89. The molecule has 2 N–H and O–H groups in total. The predicted molar refractivity (Wildman–Crippen MR) is 94.1 cm³/mol. The molecule has 0 radical (unpaired) electrons. The van der Waals surface area contributed by atoms with Crippen LogP contribution in [0.15, 0.2) is 23.1 Å². The van der Waals surface area contributed by atoms with Gasteiger partial charge in [0.1, 0.15) is 16.5 Å². The first kappa shape index (κ1) is 20.6. The summed E-state index contributed by atoms with van der Waals surface area (Å²) in [5.41, 5.74) is -0.321. The highest BCUT2D eigenvalue weighted by molar-refractivity contribution is 7.89. The first-order chi connectivity index (χ1) is 12.0. The molecule has 0 aromatic heterocycles. The Morgan fingerprint density at radius 1 is 1.23 bits per heavy atom. The fourth-order valence-electron chi connectivity index (χ4n) is 2.73. The number of amides is 2. The van der Waals surface area contributed by atoms with Gasteiger partial charge in [-0.3, -0.25) is 0 Å². The van der Waals surface area contributed by atoms with Gasteiger partial charge in [-0.25, -0.2) is 26.7 Å². The molecule has 2 amide bonds. The molecule has 9 heteroatoms. The van der Waals surface area contributed by atoms with E-state index in [4.69, 9.17) is 0 Å². The van der Waals surface area contributed by atoms with Crippen molar-refractivity contribution >= 4 is 16.1 Å². The minimum atomic E-state index is -4.12. The van der Waals surface area contributed by atoms with Crippen LogP contribution in [0.4, 0.5) is 13.6 Å². The largest absolute Gasteiger partial charge is 0.333 e. The Morgan fingerprint density at radius 3 is 2.42 bits per heavy atom. The Labute approximate surface area is 153 Å². The smallest absolute Gasteiger partial charge is 0.317 e. The van der Waals surface area contributed by atoms with Gasteiger partial charge in [0.15, 0.2) is 0 Å². The van der Waals surface area contributed by atoms with E-state index in [9.17, 15) is 22.0 Å². The lowest BCUT2D eigenvalue weighted by molar-refractivity contribution is 0.163. The van der Waals surface area contributed by atoms with E-state index in [1.165, 1.54) is 0 Å². The molecule has 1 heterocycles. The van der Waals surface area contributed by atoms with Crippen molar-refractivity contribution in [3.05, 3.63) is 29.8 Å². The number of carbonyl (C=O) groups excluding carboxylic acids is 1. The molecule has 0 spiro atoms. The molecule has 0 unspecified atom stereocenters. The van der Waals surface area contributed by atoms with E-state index in [0.717, 1.165) is 12.1 Å². The number of benzene rings is 1. The van der Waals surface area contributed by atoms with Crippen molar-refractivity contribution in [3.63, 3.8) is 0 Å². The highest BCUT2D eigenvalue weighted by atomic mass is 32.2. The van der Waals surface area contributed by atoms with Crippen molar-refractivity contribution in [3.8, 4) is 0 Å². The molecule has 1 aromatic rings. The molecule has 0 aliphatic carbocycles. The Morgan fingerprint density at radius 2 is 1.85 bits per heavy atom. The van der Waals surface area contributed by atoms with Gasteiger partial charge in [0, 0.05) is 25.2 Å². The first-order valence-corrected chi connectivity index (χ1v) is 9.98. The molecule has 2 rings (SSSR count). The fourth-order valence-corrected chi connectivity index (χ4v) is 3.93. The van der Waals surface area contributed by atoms with Gasteiger partial charge in [0.25, 0.3) is 0 Å². The van der Waals surface area contributed by atoms with Crippen LogP contribution < -0.4 is 10.0 Å². The zero-order valence-corrected chi connectivity index (χ0v) is 16.0. The van der Waals surface area contributed by atoms with Gasteiger partial charge in [0.2, 0.25) is 10.0 Å². The molecule has 0 bridgehead atoms. The normalized spacial score (nSPS) is 16.6. The zero-order valence-electron chi connectivity index (χ0n) is 15.2. The van der Waals surface area contributed by atoms with Gasteiger partial charge < -0.3 is 10.2 Å². The van der Waals surface area contributed by atoms with Crippen LogP contribution in [0.3, 0.4) is 0 Å². The van der Waals surface area contributed by atoms with Crippen LogP contribution in [0.2, 0.25) is 0 Å². The summed E-state index contributed by atoms with van der Waals surface area (Å²) in [4.78, 5) is 13.1. The molecule has 0 atom stereocenters. The van der Waals surface area contributed by atoms with E-state index in [1.54, 1.807) is 4.90 Å². The van der Waals surface area contributed by atoms with Crippen molar-refractivity contribution in [1.29, 1.82) is 0 Å². The van der Waals surface area contributed by atoms with Crippen LogP contribution in [-0.2, 0) is 10.0 Å². The molecule has 26 heavy (non-hydrogen) atoms. The van der Waals surface area contributed by atoms with E-state index >= 15 is 0 Å². The lowest BCUT2D eigenvalue weighted by Gasteiger charge is -2.34. The standard InChI is InChI=1S/C17H25F2N3O3S/c1-17(2,3)21-16(23)22-8-6-12(7-9-22)11-20-26(24,25)15-10-13(18)4-5-14(15)19/h4-5,10,12,20H,6-9,11H2,1-3H3,(H,21,23). The average molecular weight is 389 g/mol. The Hall–Kier alpha value is -1.74. The quantitative estimate of drug-likeness (QED) is 0.830. The SMILES string of the molecule is CC(C)(C)NC(=O)N1CCC(CNS(=O)(=O)c2cc(F)ccc2F)CC1. The topological polar surface area (TPSA) is 78.5 Å². The second-order valence-corrected chi connectivity index (χ2v) is 9.27. The summed E-state index contributed by atoms with van der Waals surface area (Å²) in [6, 6.07) is 2.18. The summed E-state index contributed by atoms with van der Waals surface area (Å²) >= 11 is 0. The number of piperidine rings is 1. The van der Waals surface area contributed by atoms with Crippen LogP contribution >= 0.6 is 0 Å². The summed E-state index contributed by atoms with van der Waals surface area (Å²) in [6.07, 6.45) is 1.26. The Balaban J connectivity index is 1.88. The van der Waals surface area contributed by atoms with Crippen molar-refractivity contribution < 1.29 is 22.0 Å². The third-order valence-electron chi connectivity index (χ3n) is 4.13. The van der Waals surface area contributed by atoms with Crippen molar-refractivity contribution in [2.75, 3.05) is 19.6 Å². The number of sulfonamides is 1. The average Bonchev–Trinajstić information content (AvgIpc) is 2.54. The van der Waals surface area contributed by atoms with Gasteiger partial charge in [0.05, 0.1) is 0 Å². The fraction of sp³-hybridized carbons (Fsp3) is 0.588. The summed E-state index contributed by atoms with van der Waals surface area (Å²) in [7, 11) is -4.12. The van der Waals surface area contributed by atoms with Crippen LogP contribution in [-0.4, -0.2) is 44.5 Å². The first-order valence-electron chi connectivity index (χ1n) is 8.50. The Bertz CT molecular complexity index is 755. The molecule has 0 saturated carbocycles. The number of urea groups is 1. The molecule has 1 aliphatic rings. The summed E-state index contributed by atoms with van der Waals surface area (Å²) < 4.78 is 53.6. The monoisotopic (exact) mass is 389 g/mol. The second kappa shape index (κ2) is 7.87. The number of carbonyl (C=O) groups is 1. The molecule has 1 fully saturated rings. The number of nitrogens with zero attached hydrogens (tertiary/aromatic N) is 1. The minimum Gasteiger partial charge on any atom is -0.333 e. The predicted octanol–water partition coefficient (Wildman–Crippen LogP) is 2.46. The maximum atomic E-state index is 13.7. The number of hydrogen-bond acceptors (Lipinski definition) is 3. The van der Waals surface area contributed by atoms with E-state index in [-0.39, 0.29) is 24.0 Å². The summed E-state index contributed by atoms with van der Waals surface area (Å²) in [6.45, 7) is 6.85. The van der Waals surface area contributed by atoms with Crippen LogP contribution in [0.25, 0.3) is 0 Å². The highest BCUT2D eigenvalue weighted by Gasteiger charge is 2.27. The van der Waals surface area contributed by atoms with Gasteiger partial charge in [-0.1, -0.05) is 0 Å². The number of likely N-dealkylation sites (tertiary alicyclic amines) is 1. The van der Waals surface area contributed by atoms with Crippen molar-refractivity contribution in [2.45, 2.75) is 44.0 Å². The molecule has 1 aromatic carbocycles. The van der Waals surface area contributed by atoms with Gasteiger partial charge >= 0.3 is 6.03 Å². The van der Waals surface area contributed by atoms with Gasteiger partial charge in [-0.15, -0.1) is 0 Å². The number of hydrogen-bond donors (Lipinski definition) is 2. The van der Waals surface area contributed by atoms with E-state index < -0.39 is 26.6 Å². The van der Waals surface area contributed by atoms with Crippen LogP contribution in [0, 0.1) is 17.6 Å². The third kappa shape index (κ3) is 5.63. The van der Waals surface area contributed by atoms with E-state index in [2.05, 4.69) is 10.0 Å². The Kier molecular flexibility index (Phi) is 6.23. The zero-order chi connectivity index (χ0) is 19.5. The molecule has 1 aliphatic heterocycles. The van der Waals surface area contributed by atoms with Crippen molar-refractivity contribution in [2.24, 2.45) is 5.92 Å². The van der Waals surface area contributed by atoms with Crippen LogP contribution in [0.5, 0.6) is 0 Å². The van der Waals surface area contributed by atoms with Crippen molar-refractivity contribution in [1.82, 2.24) is 14.9 Å². The third-order valence-corrected chi connectivity index (χ3v) is 5.57. The van der Waals surface area contributed by atoms with E-state index in [0.29, 0.717) is 32.0 Å². The summed E-state index contributed by atoms with van der Waals surface area (Å²) in [5.74, 6) is -1.78. The molecular formula is C17H25F2N3O3S. The lowest BCUT2D eigenvalue weighted by Crippen LogP contribution is -2.51. The number of rotatable bonds is 4. The lowest BCUT2D eigenvalue weighted by atomic mass is 9.97. The molecular weight excluding hydrogens is 364 g/mol. The van der Waals surface area contributed by atoms with Gasteiger partial charge in [-0.2, -0.15) is 0 Å². The van der Waals surface area contributed by atoms with Gasteiger partial charge in [-0.05, 0) is 57.7 Å². The molecule has 146 valence electrons. The van der Waals surface area contributed by atoms with E-state index in [1.807, 2.05) is 20.8 Å². The molecule has 6 nitrogen and oxygen atoms in total. The minimum absolute atomic E-state index is 0.0279. The number of nitrogens with one attached hydrogen (secondary N) is 2. The molecule has 1 saturated heterocycles.